The lowest BCUT2D eigenvalue weighted by Crippen LogP contribution is -1.92. The van der Waals surface area contributed by atoms with Crippen molar-refractivity contribution in [2.45, 2.75) is 13.5 Å². The summed E-state index contributed by atoms with van der Waals surface area (Å²) < 4.78 is 2.40. The second kappa shape index (κ2) is 5.87. The van der Waals surface area contributed by atoms with Crippen LogP contribution in [0.25, 0.3) is 42.0 Å². The zero-order valence-electron chi connectivity index (χ0n) is 13.9. The number of aryl methyl sites for hydroxylation is 1. The van der Waals surface area contributed by atoms with Crippen LogP contribution in [0.1, 0.15) is 6.92 Å². The molecule has 0 atom stereocenters. The third-order valence-corrected chi connectivity index (χ3v) is 6.94. The van der Waals surface area contributed by atoms with Gasteiger partial charge in [0, 0.05) is 43.0 Å². The van der Waals surface area contributed by atoms with E-state index in [0.29, 0.717) is 0 Å². The highest BCUT2D eigenvalue weighted by Crippen LogP contribution is 2.38. The van der Waals surface area contributed by atoms with Gasteiger partial charge in [-0.2, -0.15) is 0 Å². The first-order valence-corrected chi connectivity index (χ1v) is 10.2. The second-order valence-corrected chi connectivity index (χ2v) is 8.17. The van der Waals surface area contributed by atoms with Crippen LogP contribution in [0.5, 0.6) is 0 Å². The van der Waals surface area contributed by atoms with E-state index < -0.39 is 0 Å². The Balaban J connectivity index is 1.69. The van der Waals surface area contributed by atoms with Crippen molar-refractivity contribution in [1.29, 1.82) is 0 Å². The minimum absolute atomic E-state index is 0.991. The van der Waals surface area contributed by atoms with Gasteiger partial charge in [-0.1, -0.05) is 30.3 Å². The van der Waals surface area contributed by atoms with Gasteiger partial charge in [0.1, 0.15) is 0 Å². The lowest BCUT2D eigenvalue weighted by Gasteiger charge is -2.03. The Morgan fingerprint density at radius 3 is 2.44 bits per heavy atom. The van der Waals surface area contributed by atoms with Crippen molar-refractivity contribution in [2.24, 2.45) is 0 Å². The van der Waals surface area contributed by atoms with E-state index in [2.05, 4.69) is 83.6 Å². The zero-order valence-corrected chi connectivity index (χ0v) is 15.5. The Morgan fingerprint density at radius 2 is 1.60 bits per heavy atom. The highest BCUT2D eigenvalue weighted by Gasteiger charge is 2.11. The van der Waals surface area contributed by atoms with E-state index in [1.54, 1.807) is 11.3 Å². The van der Waals surface area contributed by atoms with Crippen LogP contribution in [0.2, 0.25) is 0 Å². The predicted molar refractivity (Wildman–Crippen MR) is 112 cm³/mol. The molecule has 0 saturated carbocycles. The molecule has 0 aliphatic heterocycles. The van der Waals surface area contributed by atoms with Gasteiger partial charge >= 0.3 is 0 Å². The van der Waals surface area contributed by atoms with E-state index in [0.717, 1.165) is 6.54 Å². The van der Waals surface area contributed by atoms with Crippen molar-refractivity contribution < 1.29 is 0 Å². The van der Waals surface area contributed by atoms with Crippen LogP contribution in [0.15, 0.2) is 72.1 Å². The molecule has 0 aliphatic rings. The average Bonchev–Trinajstić information content (AvgIpc) is 3.39. The molecular formula is C22H17NS2. The van der Waals surface area contributed by atoms with Crippen LogP contribution >= 0.6 is 22.7 Å². The summed E-state index contributed by atoms with van der Waals surface area (Å²) in [4.78, 5) is 4.03. The molecular weight excluding hydrogens is 342 g/mol. The molecule has 0 unspecified atom stereocenters. The summed E-state index contributed by atoms with van der Waals surface area (Å²) in [6.07, 6.45) is 0. The molecule has 0 aliphatic carbocycles. The van der Waals surface area contributed by atoms with Gasteiger partial charge in [-0.05, 0) is 54.3 Å². The molecule has 3 heterocycles. The van der Waals surface area contributed by atoms with Crippen molar-refractivity contribution in [3.63, 3.8) is 0 Å². The van der Waals surface area contributed by atoms with Crippen molar-refractivity contribution in [3.05, 3.63) is 72.1 Å². The number of thiophene rings is 2. The second-order valence-electron chi connectivity index (χ2n) is 6.13. The smallest absolute Gasteiger partial charge is 0.0491 e. The number of fused-ring (bicyclic) bond motifs is 3. The highest BCUT2D eigenvalue weighted by molar-refractivity contribution is 7.23. The largest absolute Gasteiger partial charge is 0.341 e. The van der Waals surface area contributed by atoms with Crippen LogP contribution in [0.4, 0.5) is 0 Å². The lowest BCUT2D eigenvalue weighted by atomic mass is 10.1. The van der Waals surface area contributed by atoms with E-state index in [1.807, 2.05) is 11.3 Å². The van der Waals surface area contributed by atoms with Crippen molar-refractivity contribution in [2.75, 3.05) is 0 Å². The van der Waals surface area contributed by atoms with E-state index in [4.69, 9.17) is 0 Å². The van der Waals surface area contributed by atoms with Crippen LogP contribution in [-0.4, -0.2) is 4.57 Å². The molecule has 0 saturated heterocycles. The molecule has 0 N–H and O–H groups in total. The van der Waals surface area contributed by atoms with Gasteiger partial charge in [-0.25, -0.2) is 0 Å². The van der Waals surface area contributed by atoms with Gasteiger partial charge in [0.25, 0.3) is 0 Å². The number of rotatable bonds is 3. The summed E-state index contributed by atoms with van der Waals surface area (Å²) in [6, 6.07) is 24.4. The highest BCUT2D eigenvalue weighted by atomic mass is 32.1. The van der Waals surface area contributed by atoms with Crippen LogP contribution in [0, 0.1) is 0 Å². The Kier molecular flexibility index (Phi) is 3.51. The van der Waals surface area contributed by atoms with E-state index in [-0.39, 0.29) is 0 Å². The first-order chi connectivity index (χ1) is 12.3. The Hall–Kier alpha value is -2.36. The van der Waals surface area contributed by atoms with Gasteiger partial charge in [0.2, 0.25) is 0 Å². The third kappa shape index (κ3) is 2.35. The molecule has 0 spiro atoms. The molecule has 5 rings (SSSR count). The predicted octanol–water partition coefficient (Wildman–Crippen LogP) is 7.27. The fraction of sp³-hybridized carbons (Fsp3) is 0.0909. The fourth-order valence-corrected chi connectivity index (χ4v) is 5.43. The summed E-state index contributed by atoms with van der Waals surface area (Å²) >= 11 is 3.68. The lowest BCUT2D eigenvalue weighted by molar-refractivity contribution is 0.827. The molecule has 25 heavy (non-hydrogen) atoms. The summed E-state index contributed by atoms with van der Waals surface area (Å²) in [6.45, 7) is 3.21. The molecule has 3 aromatic heterocycles. The van der Waals surface area contributed by atoms with E-state index in [9.17, 15) is 0 Å². The Labute approximate surface area is 154 Å². The Morgan fingerprint density at radius 1 is 0.760 bits per heavy atom. The molecule has 5 aromatic rings. The monoisotopic (exact) mass is 359 g/mol. The first kappa shape index (κ1) is 14.9. The van der Waals surface area contributed by atoms with E-state index >= 15 is 0 Å². The number of nitrogens with zero attached hydrogens (tertiary/aromatic N) is 1. The number of para-hydroxylation sites is 1. The summed E-state index contributed by atoms with van der Waals surface area (Å²) in [5.74, 6) is 0. The maximum atomic E-state index is 2.40. The molecule has 0 radical (unpaired) electrons. The summed E-state index contributed by atoms with van der Waals surface area (Å²) in [5, 5.41) is 4.83. The van der Waals surface area contributed by atoms with Gasteiger partial charge in [0.15, 0.2) is 0 Å². The minimum Gasteiger partial charge on any atom is -0.341 e. The molecule has 0 bridgehead atoms. The third-order valence-electron chi connectivity index (χ3n) is 4.74. The maximum absolute atomic E-state index is 2.40. The SMILES string of the molecule is CCn1c2ccccc2c2cc(-c3ccc(-c4cccs4)s3)ccc21. The summed E-state index contributed by atoms with van der Waals surface area (Å²) in [5.41, 5.74) is 3.95. The molecule has 0 amide bonds. The maximum Gasteiger partial charge on any atom is 0.0491 e. The number of hydrogen-bond donors (Lipinski definition) is 0. The molecule has 0 fully saturated rings. The number of benzene rings is 2. The standard InChI is InChI=1S/C22H17NS2/c1-2-23-18-7-4-3-6-16(18)17-14-15(9-10-19(17)23)20-11-12-22(25-20)21-8-5-13-24-21/h3-14H,2H2,1H3. The first-order valence-electron chi connectivity index (χ1n) is 8.50. The minimum atomic E-state index is 0.991. The molecule has 1 nitrogen and oxygen atoms in total. The Bertz CT molecular complexity index is 1180. The van der Waals surface area contributed by atoms with Gasteiger partial charge in [0.05, 0.1) is 0 Å². The quantitative estimate of drug-likeness (QED) is 0.319. The van der Waals surface area contributed by atoms with E-state index in [1.165, 1.54) is 42.0 Å². The van der Waals surface area contributed by atoms with Gasteiger partial charge in [-0.15, -0.1) is 22.7 Å². The van der Waals surface area contributed by atoms with Gasteiger partial charge in [-0.3, -0.25) is 0 Å². The average molecular weight is 360 g/mol. The molecule has 2 aromatic carbocycles. The van der Waals surface area contributed by atoms with Gasteiger partial charge < -0.3 is 4.57 Å². The summed E-state index contributed by atoms with van der Waals surface area (Å²) in [7, 11) is 0. The normalized spacial score (nSPS) is 11.6. The van der Waals surface area contributed by atoms with Crippen molar-refractivity contribution in [1.82, 2.24) is 4.57 Å². The van der Waals surface area contributed by atoms with Crippen molar-refractivity contribution in [3.8, 4) is 20.2 Å². The topological polar surface area (TPSA) is 4.93 Å². The fourth-order valence-electron chi connectivity index (χ4n) is 3.59. The molecule has 3 heteroatoms. The number of aromatic nitrogens is 1. The van der Waals surface area contributed by atoms with Crippen LogP contribution < -0.4 is 0 Å². The zero-order chi connectivity index (χ0) is 16.8. The number of hydrogen-bond acceptors (Lipinski definition) is 2. The van der Waals surface area contributed by atoms with Crippen molar-refractivity contribution >= 4 is 44.5 Å². The molecule has 122 valence electrons. The van der Waals surface area contributed by atoms with Crippen LogP contribution in [-0.2, 0) is 6.54 Å². The van der Waals surface area contributed by atoms with Crippen LogP contribution in [0.3, 0.4) is 0 Å².